The molecule has 2 aromatic carbocycles. The van der Waals surface area contributed by atoms with Crippen LogP contribution in [0.2, 0.25) is 5.02 Å². The Morgan fingerprint density at radius 2 is 1.85 bits per heavy atom. The Bertz CT molecular complexity index is 1060. The molecule has 4 N–H and O–H groups in total. The second-order valence-corrected chi connectivity index (χ2v) is 8.26. The van der Waals surface area contributed by atoms with Gasteiger partial charge in [-0.25, -0.2) is 0 Å². The Morgan fingerprint density at radius 1 is 1.21 bits per heavy atom. The predicted octanol–water partition coefficient (Wildman–Crippen LogP) is 4.25. The second kappa shape index (κ2) is 12.5. The van der Waals surface area contributed by atoms with Crippen LogP contribution in [-0.4, -0.2) is 45.2 Å². The molecule has 34 heavy (non-hydrogen) atoms. The normalized spacial score (nSPS) is 11.3. The molecular formula is C18H19ClF3N2O9P. The molecule has 0 fully saturated rings. The van der Waals surface area contributed by atoms with E-state index in [2.05, 4.69) is 5.32 Å². The van der Waals surface area contributed by atoms with E-state index in [0.29, 0.717) is 0 Å². The molecule has 0 aliphatic heterocycles. The van der Waals surface area contributed by atoms with Crippen molar-refractivity contribution in [1.82, 2.24) is 5.32 Å². The van der Waals surface area contributed by atoms with Crippen LogP contribution in [0.4, 0.5) is 18.9 Å². The van der Waals surface area contributed by atoms with Crippen LogP contribution in [0.3, 0.4) is 0 Å². The number of aliphatic carboxylic acids is 1. The fourth-order valence-corrected chi connectivity index (χ4v) is 2.80. The number of carbonyl (C=O) groups is 1. The molecular weight excluding hydrogens is 512 g/mol. The summed E-state index contributed by atoms with van der Waals surface area (Å²) >= 11 is 5.80. The van der Waals surface area contributed by atoms with Crippen molar-refractivity contribution in [2.24, 2.45) is 0 Å². The zero-order valence-electron chi connectivity index (χ0n) is 17.3. The van der Waals surface area contributed by atoms with E-state index >= 15 is 0 Å². The van der Waals surface area contributed by atoms with E-state index in [9.17, 15) is 32.6 Å². The van der Waals surface area contributed by atoms with E-state index in [1.165, 1.54) is 18.2 Å². The molecule has 0 saturated heterocycles. The lowest BCUT2D eigenvalue weighted by molar-refractivity contribution is -0.385. The summed E-state index contributed by atoms with van der Waals surface area (Å²) in [5, 5.41) is 20.7. The zero-order valence-corrected chi connectivity index (χ0v) is 18.9. The second-order valence-electron chi connectivity index (χ2n) is 6.21. The summed E-state index contributed by atoms with van der Waals surface area (Å²) in [5.41, 5.74) is -1.15. The summed E-state index contributed by atoms with van der Waals surface area (Å²) in [7, 11) is -4.10. The summed E-state index contributed by atoms with van der Waals surface area (Å²) < 4.78 is 58.4. The third-order valence-corrected chi connectivity index (χ3v) is 4.44. The van der Waals surface area contributed by atoms with Gasteiger partial charge in [0.15, 0.2) is 0 Å². The lowest BCUT2D eigenvalue weighted by Crippen LogP contribution is -2.23. The number of ether oxygens (including phenoxy) is 2. The van der Waals surface area contributed by atoms with E-state index in [-0.39, 0.29) is 34.6 Å². The van der Waals surface area contributed by atoms with Crippen LogP contribution < -0.4 is 14.8 Å². The Hall–Kier alpha value is -2.90. The van der Waals surface area contributed by atoms with Crippen molar-refractivity contribution in [3.05, 3.63) is 57.1 Å². The van der Waals surface area contributed by atoms with Crippen molar-refractivity contribution in [3.8, 4) is 17.2 Å². The molecule has 2 rings (SSSR count). The molecule has 2 aromatic rings. The van der Waals surface area contributed by atoms with Gasteiger partial charge >= 0.3 is 25.4 Å². The minimum absolute atomic E-state index is 0.0111. The highest BCUT2D eigenvalue weighted by Gasteiger charge is 2.31. The van der Waals surface area contributed by atoms with E-state index in [0.717, 1.165) is 18.2 Å². The average Bonchev–Trinajstić information content (AvgIpc) is 2.68. The number of alkyl halides is 3. The van der Waals surface area contributed by atoms with E-state index in [4.69, 9.17) is 36.0 Å². The van der Waals surface area contributed by atoms with Crippen molar-refractivity contribution in [2.45, 2.75) is 13.1 Å². The summed E-state index contributed by atoms with van der Waals surface area (Å²) in [5.74, 6) is -1.02. The molecule has 0 amide bonds. The summed E-state index contributed by atoms with van der Waals surface area (Å²) in [4.78, 5) is 36.4. The molecule has 11 nitrogen and oxygen atoms in total. The molecule has 188 valence electrons. The zero-order chi connectivity index (χ0) is 26.1. The summed E-state index contributed by atoms with van der Waals surface area (Å²) in [6.45, 7) is 1.42. The van der Waals surface area contributed by atoms with Crippen molar-refractivity contribution in [3.63, 3.8) is 0 Å². The fourth-order valence-electron chi connectivity index (χ4n) is 2.18. The first-order valence-electron chi connectivity index (χ1n) is 9.07. The maximum Gasteiger partial charge on any atom is 0.416 e. The van der Waals surface area contributed by atoms with Gasteiger partial charge in [0.1, 0.15) is 11.5 Å². The fraction of sp³-hybridized carbons (Fsp3) is 0.278. The quantitative estimate of drug-likeness (QED) is 0.209. The molecule has 0 saturated carbocycles. The standard InChI is InChI=1S/C15H11ClF3NO4.C3H8NO5P/c1-2-23-14-8-10(4-5-12(14)20(21)22)24-13-6-3-9(7-11(13)16)15(17,18)19;5-3(6)1-4-2-10(7,8)9/h3-8H,2H2,1H3;4H,1-2H2,(H,5,6)(H2,7,8,9). The number of carboxylic acids is 1. The molecule has 0 unspecified atom stereocenters. The van der Waals surface area contributed by atoms with Crippen molar-refractivity contribution >= 4 is 30.9 Å². The van der Waals surface area contributed by atoms with Gasteiger partial charge in [0.05, 0.1) is 34.9 Å². The number of nitrogens with zero attached hydrogens (tertiary/aromatic N) is 1. The molecule has 0 aliphatic carbocycles. The highest BCUT2D eigenvalue weighted by molar-refractivity contribution is 7.51. The number of hydrogen-bond acceptors (Lipinski definition) is 7. The van der Waals surface area contributed by atoms with Crippen molar-refractivity contribution in [2.75, 3.05) is 19.4 Å². The molecule has 0 aromatic heterocycles. The molecule has 0 aliphatic rings. The number of rotatable bonds is 9. The van der Waals surface area contributed by atoms with Crippen LogP contribution in [0.5, 0.6) is 17.2 Å². The minimum Gasteiger partial charge on any atom is -0.487 e. The number of benzene rings is 2. The highest BCUT2D eigenvalue weighted by Crippen LogP contribution is 2.38. The predicted molar refractivity (Wildman–Crippen MR) is 113 cm³/mol. The number of hydrogen-bond donors (Lipinski definition) is 4. The summed E-state index contributed by atoms with van der Waals surface area (Å²) in [6, 6.07) is 6.40. The molecule has 0 heterocycles. The first-order valence-corrected chi connectivity index (χ1v) is 11.2. The Balaban J connectivity index is 0.000000489. The van der Waals surface area contributed by atoms with Crippen LogP contribution in [0.15, 0.2) is 36.4 Å². The van der Waals surface area contributed by atoms with Crippen molar-refractivity contribution in [1.29, 1.82) is 0 Å². The third-order valence-electron chi connectivity index (χ3n) is 3.51. The van der Waals surface area contributed by atoms with Crippen LogP contribution in [0, 0.1) is 10.1 Å². The van der Waals surface area contributed by atoms with Crippen LogP contribution in [-0.2, 0) is 15.5 Å². The molecule has 0 spiro atoms. The maximum atomic E-state index is 12.6. The van der Waals surface area contributed by atoms with Gasteiger partial charge in [0.25, 0.3) is 0 Å². The molecule has 16 heteroatoms. The monoisotopic (exact) mass is 530 g/mol. The maximum absolute atomic E-state index is 12.6. The van der Waals surface area contributed by atoms with Gasteiger partial charge in [-0.05, 0) is 31.2 Å². The van der Waals surface area contributed by atoms with Gasteiger partial charge in [-0.15, -0.1) is 0 Å². The minimum atomic E-state index is -4.52. The van der Waals surface area contributed by atoms with Gasteiger partial charge < -0.3 is 24.4 Å². The molecule has 0 radical (unpaired) electrons. The summed E-state index contributed by atoms with van der Waals surface area (Å²) in [6.07, 6.45) is -5.11. The number of nitro groups is 1. The first kappa shape index (κ1) is 29.1. The molecule has 0 atom stereocenters. The Labute approximate surface area is 195 Å². The number of nitro benzene ring substituents is 1. The van der Waals surface area contributed by atoms with Gasteiger partial charge in [-0.3, -0.25) is 24.8 Å². The van der Waals surface area contributed by atoms with Gasteiger partial charge in [0, 0.05) is 12.1 Å². The van der Waals surface area contributed by atoms with Gasteiger partial charge in [-0.2, -0.15) is 13.2 Å². The highest BCUT2D eigenvalue weighted by atomic mass is 35.5. The van der Waals surface area contributed by atoms with E-state index < -0.39 is 43.1 Å². The Morgan fingerprint density at radius 3 is 2.32 bits per heavy atom. The lowest BCUT2D eigenvalue weighted by atomic mass is 10.2. The average molecular weight is 531 g/mol. The smallest absolute Gasteiger partial charge is 0.416 e. The number of halogens is 4. The van der Waals surface area contributed by atoms with E-state index in [1.54, 1.807) is 6.92 Å². The van der Waals surface area contributed by atoms with Crippen LogP contribution in [0.1, 0.15) is 12.5 Å². The van der Waals surface area contributed by atoms with Crippen molar-refractivity contribution < 1.29 is 51.8 Å². The topological polar surface area (TPSA) is 168 Å². The lowest BCUT2D eigenvalue weighted by Gasteiger charge is -2.12. The molecule has 0 bridgehead atoms. The largest absolute Gasteiger partial charge is 0.487 e. The SMILES string of the molecule is CCOc1cc(Oc2ccc(C(F)(F)F)cc2Cl)ccc1[N+](=O)[O-].O=C(O)CNCP(=O)(O)O. The van der Waals surface area contributed by atoms with Gasteiger partial charge in [0.2, 0.25) is 5.75 Å². The third kappa shape index (κ3) is 10.4. The Kier molecular flexibility index (Phi) is 10.7. The first-order chi connectivity index (χ1) is 15.6. The number of nitrogens with one attached hydrogen (secondary N) is 1. The van der Waals surface area contributed by atoms with Crippen LogP contribution >= 0.6 is 19.2 Å². The number of carboxylic acid groups (broad SMARTS) is 1. The van der Waals surface area contributed by atoms with E-state index in [1.807, 2.05) is 0 Å². The van der Waals surface area contributed by atoms with Gasteiger partial charge in [-0.1, -0.05) is 11.6 Å². The van der Waals surface area contributed by atoms with Crippen LogP contribution in [0.25, 0.3) is 0 Å².